The second-order valence-electron chi connectivity index (χ2n) is 7.10. The third kappa shape index (κ3) is 3.76. The minimum atomic E-state index is 0.0467. The highest BCUT2D eigenvalue weighted by molar-refractivity contribution is 5.86. The van der Waals surface area contributed by atoms with Crippen LogP contribution >= 0.6 is 0 Å². The van der Waals surface area contributed by atoms with E-state index in [-0.39, 0.29) is 17.9 Å². The molecule has 0 radical (unpaired) electrons. The average Bonchev–Trinajstić information content (AvgIpc) is 2.90. The summed E-state index contributed by atoms with van der Waals surface area (Å²) in [5.74, 6) is 0.138. The number of para-hydroxylation sites is 1. The number of rotatable bonds is 5. The first-order valence-electron chi connectivity index (χ1n) is 8.85. The van der Waals surface area contributed by atoms with Crippen molar-refractivity contribution in [2.75, 3.05) is 0 Å². The van der Waals surface area contributed by atoms with Gasteiger partial charge < -0.3 is 9.88 Å². The van der Waals surface area contributed by atoms with Crippen LogP contribution in [0.1, 0.15) is 42.9 Å². The van der Waals surface area contributed by atoms with E-state index in [1.54, 1.807) is 0 Å². The average molecular weight is 334 g/mol. The Morgan fingerprint density at radius 2 is 1.76 bits per heavy atom. The maximum atomic E-state index is 12.5. The third-order valence-electron chi connectivity index (χ3n) is 4.62. The lowest BCUT2D eigenvalue weighted by molar-refractivity contribution is -0.121. The summed E-state index contributed by atoms with van der Waals surface area (Å²) in [5.41, 5.74) is 4.81. The van der Waals surface area contributed by atoms with E-state index >= 15 is 0 Å². The zero-order valence-corrected chi connectivity index (χ0v) is 15.4. The molecule has 1 aromatic heterocycles. The molecule has 1 atom stereocenters. The van der Waals surface area contributed by atoms with Gasteiger partial charge in [0.15, 0.2) is 0 Å². The van der Waals surface area contributed by atoms with Gasteiger partial charge in [-0.15, -0.1) is 0 Å². The molecule has 0 aliphatic rings. The van der Waals surface area contributed by atoms with Crippen LogP contribution in [0.2, 0.25) is 0 Å². The lowest BCUT2D eigenvalue weighted by Gasteiger charge is -2.18. The van der Waals surface area contributed by atoms with Gasteiger partial charge in [-0.05, 0) is 38.0 Å². The molecule has 0 unspecified atom stereocenters. The van der Waals surface area contributed by atoms with Crippen LogP contribution in [0.25, 0.3) is 10.9 Å². The van der Waals surface area contributed by atoms with Crippen molar-refractivity contribution in [1.29, 1.82) is 0 Å². The van der Waals surface area contributed by atoms with E-state index in [4.69, 9.17) is 0 Å². The van der Waals surface area contributed by atoms with Gasteiger partial charge in [-0.2, -0.15) is 0 Å². The number of carbonyl (C=O) groups excluding carboxylic acids is 1. The van der Waals surface area contributed by atoms with E-state index in [0.29, 0.717) is 6.42 Å². The molecule has 0 saturated heterocycles. The fourth-order valence-electron chi connectivity index (χ4n) is 3.42. The zero-order chi connectivity index (χ0) is 18.0. The molecular formula is C22H26N2O. The highest BCUT2D eigenvalue weighted by Gasteiger charge is 2.22. The van der Waals surface area contributed by atoms with Gasteiger partial charge in [0, 0.05) is 42.5 Å². The van der Waals surface area contributed by atoms with Crippen LogP contribution in [-0.2, 0) is 11.8 Å². The number of aromatic nitrogens is 1. The van der Waals surface area contributed by atoms with Crippen LogP contribution in [-0.4, -0.2) is 16.5 Å². The molecule has 0 aliphatic heterocycles. The number of benzene rings is 2. The predicted molar refractivity (Wildman–Crippen MR) is 104 cm³/mol. The molecule has 1 heterocycles. The van der Waals surface area contributed by atoms with Crippen molar-refractivity contribution >= 4 is 16.8 Å². The van der Waals surface area contributed by atoms with Crippen LogP contribution in [0.3, 0.4) is 0 Å². The molecule has 130 valence electrons. The van der Waals surface area contributed by atoms with Gasteiger partial charge in [0.25, 0.3) is 0 Å². The van der Waals surface area contributed by atoms with Crippen LogP contribution in [0.4, 0.5) is 0 Å². The summed E-state index contributed by atoms with van der Waals surface area (Å²) in [6, 6.07) is 17.1. The summed E-state index contributed by atoms with van der Waals surface area (Å²) in [4.78, 5) is 12.5. The summed E-state index contributed by atoms with van der Waals surface area (Å²) in [6.07, 6.45) is 2.62. The topological polar surface area (TPSA) is 34.0 Å². The molecule has 2 aromatic carbocycles. The summed E-state index contributed by atoms with van der Waals surface area (Å²) in [5, 5.41) is 4.25. The van der Waals surface area contributed by atoms with E-state index < -0.39 is 0 Å². The van der Waals surface area contributed by atoms with E-state index in [1.165, 1.54) is 27.6 Å². The minimum Gasteiger partial charge on any atom is -0.354 e. The van der Waals surface area contributed by atoms with E-state index in [0.717, 1.165) is 0 Å². The Bertz CT molecular complexity index is 875. The Morgan fingerprint density at radius 3 is 2.44 bits per heavy atom. The standard InChI is InChI=1S/C22H26N2O/c1-15(2)23-22(25)13-19(17-11-9-16(3)10-12-17)20-14-24(4)21-8-6-5-7-18(20)21/h5-12,14-15,19H,13H2,1-4H3,(H,23,25)/t19-/m0/s1. The normalized spacial score (nSPS) is 12.5. The molecule has 3 nitrogen and oxygen atoms in total. The van der Waals surface area contributed by atoms with Gasteiger partial charge in [0.05, 0.1) is 0 Å². The first-order valence-corrected chi connectivity index (χ1v) is 8.85. The van der Waals surface area contributed by atoms with Crippen LogP contribution in [0.5, 0.6) is 0 Å². The number of hydrogen-bond donors (Lipinski definition) is 1. The number of fused-ring (bicyclic) bond motifs is 1. The first-order chi connectivity index (χ1) is 12.0. The molecule has 0 spiro atoms. The van der Waals surface area contributed by atoms with Crippen LogP contribution in [0.15, 0.2) is 54.7 Å². The number of nitrogens with zero attached hydrogens (tertiary/aromatic N) is 1. The van der Waals surface area contributed by atoms with E-state index in [9.17, 15) is 4.79 Å². The maximum Gasteiger partial charge on any atom is 0.221 e. The Hall–Kier alpha value is -2.55. The molecule has 3 aromatic rings. The second-order valence-corrected chi connectivity index (χ2v) is 7.10. The Kier molecular flexibility index (Phi) is 4.93. The van der Waals surface area contributed by atoms with Crippen molar-refractivity contribution in [2.45, 2.75) is 39.2 Å². The Balaban J connectivity index is 2.06. The van der Waals surface area contributed by atoms with Crippen molar-refractivity contribution in [2.24, 2.45) is 7.05 Å². The summed E-state index contributed by atoms with van der Waals surface area (Å²) in [6.45, 7) is 6.08. The minimum absolute atomic E-state index is 0.0467. The molecule has 0 fully saturated rings. The smallest absolute Gasteiger partial charge is 0.221 e. The van der Waals surface area contributed by atoms with Gasteiger partial charge >= 0.3 is 0 Å². The number of amides is 1. The van der Waals surface area contributed by atoms with Crippen molar-refractivity contribution in [3.63, 3.8) is 0 Å². The van der Waals surface area contributed by atoms with Crippen molar-refractivity contribution in [1.82, 2.24) is 9.88 Å². The fraction of sp³-hybridized carbons (Fsp3) is 0.318. The molecule has 1 N–H and O–H groups in total. The summed E-state index contributed by atoms with van der Waals surface area (Å²) >= 11 is 0. The molecule has 0 aliphatic carbocycles. The van der Waals surface area contributed by atoms with E-state index in [1.807, 2.05) is 13.8 Å². The van der Waals surface area contributed by atoms with Gasteiger partial charge in [-0.25, -0.2) is 0 Å². The highest BCUT2D eigenvalue weighted by Crippen LogP contribution is 2.34. The van der Waals surface area contributed by atoms with Crippen molar-refractivity contribution < 1.29 is 4.79 Å². The largest absolute Gasteiger partial charge is 0.354 e. The van der Waals surface area contributed by atoms with Gasteiger partial charge in [-0.1, -0.05) is 48.0 Å². The number of aryl methyl sites for hydroxylation is 2. The number of carbonyl (C=O) groups is 1. The van der Waals surface area contributed by atoms with Crippen molar-refractivity contribution in [3.8, 4) is 0 Å². The lowest BCUT2D eigenvalue weighted by Crippen LogP contribution is -2.31. The Morgan fingerprint density at radius 1 is 1.08 bits per heavy atom. The molecule has 0 bridgehead atoms. The van der Waals surface area contributed by atoms with Crippen LogP contribution < -0.4 is 5.32 Å². The van der Waals surface area contributed by atoms with E-state index in [2.05, 4.69) is 78.6 Å². The second kappa shape index (κ2) is 7.14. The third-order valence-corrected chi connectivity index (χ3v) is 4.62. The fourth-order valence-corrected chi connectivity index (χ4v) is 3.42. The monoisotopic (exact) mass is 334 g/mol. The van der Waals surface area contributed by atoms with Crippen LogP contribution in [0, 0.1) is 6.92 Å². The molecule has 25 heavy (non-hydrogen) atoms. The van der Waals surface area contributed by atoms with Gasteiger partial charge in [-0.3, -0.25) is 4.79 Å². The summed E-state index contributed by atoms with van der Waals surface area (Å²) in [7, 11) is 2.06. The quantitative estimate of drug-likeness (QED) is 0.730. The molecule has 3 heteroatoms. The number of hydrogen-bond acceptors (Lipinski definition) is 1. The molecule has 1 amide bonds. The summed E-state index contributed by atoms with van der Waals surface area (Å²) < 4.78 is 2.15. The zero-order valence-electron chi connectivity index (χ0n) is 15.4. The molecule has 3 rings (SSSR count). The predicted octanol–water partition coefficient (Wildman–Crippen LogP) is 4.53. The van der Waals surface area contributed by atoms with Gasteiger partial charge in [0.2, 0.25) is 5.91 Å². The van der Waals surface area contributed by atoms with Crippen molar-refractivity contribution in [3.05, 3.63) is 71.4 Å². The highest BCUT2D eigenvalue weighted by atomic mass is 16.1. The molecule has 0 saturated carbocycles. The first kappa shape index (κ1) is 17.3. The maximum absolute atomic E-state index is 12.5. The van der Waals surface area contributed by atoms with Gasteiger partial charge in [0.1, 0.15) is 0 Å². The Labute approximate surface area is 149 Å². The number of nitrogens with one attached hydrogen (secondary N) is 1. The molecular weight excluding hydrogens is 308 g/mol. The SMILES string of the molecule is Cc1ccc([C@H](CC(=O)NC(C)C)c2cn(C)c3ccccc23)cc1. The lowest BCUT2D eigenvalue weighted by atomic mass is 9.87.